The maximum Gasteiger partial charge on any atom is 0.201 e. The fourth-order valence-electron chi connectivity index (χ4n) is 6.66. The molecular weight excluding hydrogens is 582 g/mol. The van der Waals surface area contributed by atoms with E-state index in [1.54, 1.807) is 6.92 Å². The van der Waals surface area contributed by atoms with E-state index in [4.69, 9.17) is 4.74 Å². The highest BCUT2D eigenvalue weighted by molar-refractivity contribution is 5.68. The van der Waals surface area contributed by atoms with E-state index in [2.05, 4.69) is 0 Å². The Labute approximate surface area is 253 Å². The molecule has 3 aromatic carbocycles. The van der Waals surface area contributed by atoms with E-state index in [0.29, 0.717) is 24.7 Å². The Morgan fingerprint density at radius 2 is 1.36 bits per heavy atom. The molecule has 44 heavy (non-hydrogen) atoms. The molecule has 0 heterocycles. The van der Waals surface area contributed by atoms with Crippen LogP contribution >= 0.6 is 0 Å². The van der Waals surface area contributed by atoms with Gasteiger partial charge in [-0.25, -0.2) is 17.6 Å². The molecule has 0 radical (unpaired) electrons. The van der Waals surface area contributed by atoms with Crippen molar-refractivity contribution in [1.29, 1.82) is 0 Å². The quantitative estimate of drug-likeness (QED) is 0.235. The van der Waals surface area contributed by atoms with Gasteiger partial charge in [-0.15, -0.1) is 0 Å². The van der Waals surface area contributed by atoms with Gasteiger partial charge in [-0.05, 0) is 99.0 Å². The van der Waals surface area contributed by atoms with Crippen LogP contribution in [0.15, 0.2) is 42.5 Å². The van der Waals surface area contributed by atoms with Crippen LogP contribution in [0.4, 0.5) is 26.3 Å². The van der Waals surface area contributed by atoms with Crippen molar-refractivity contribution in [2.45, 2.75) is 70.8 Å². The maximum atomic E-state index is 15.0. The fraction of sp³-hybridized carbons (Fsp3) is 0.429. The number of benzene rings is 3. The summed E-state index contributed by atoms with van der Waals surface area (Å²) in [5, 5.41) is 19.4. The highest BCUT2D eigenvalue weighted by Crippen LogP contribution is 2.42. The number of aliphatic hydroxyl groups excluding tert-OH is 1. The Morgan fingerprint density at radius 3 is 2.02 bits per heavy atom. The lowest BCUT2D eigenvalue weighted by Gasteiger charge is -2.35. The fourth-order valence-corrected chi connectivity index (χ4v) is 6.66. The highest BCUT2D eigenvalue weighted by Gasteiger charge is 2.30. The summed E-state index contributed by atoms with van der Waals surface area (Å²) in [7, 11) is 0. The second-order valence-electron chi connectivity index (χ2n) is 12.0. The molecule has 2 atom stereocenters. The molecule has 236 valence electrons. The average molecular weight is 619 g/mol. The summed E-state index contributed by atoms with van der Waals surface area (Å²) in [5.41, 5.74) is -0.175. The van der Waals surface area contributed by atoms with Gasteiger partial charge in [0.1, 0.15) is 0 Å². The van der Waals surface area contributed by atoms with E-state index >= 15 is 4.39 Å². The Hall–Kier alpha value is -3.46. The molecule has 2 unspecified atom stereocenters. The number of phenolic OH excluding ortho intramolecular Hbond substituents is 1. The van der Waals surface area contributed by atoms with Crippen molar-refractivity contribution in [3.05, 3.63) is 88.5 Å². The normalized spacial score (nSPS) is 21.2. The topological polar surface area (TPSA) is 49.7 Å². The molecular formula is C35H36F6O3. The van der Waals surface area contributed by atoms with Crippen molar-refractivity contribution < 1.29 is 41.3 Å². The SMILES string of the molecule is CCCC(O)c1ccc(-c2ccc(OCC3CCC(C4CC=C(c5ccc(O)c(F)c5F)CC4)CC3)c(F)c2F)c(F)c1F. The first kappa shape index (κ1) is 31.9. The largest absolute Gasteiger partial charge is 0.505 e. The summed E-state index contributed by atoms with van der Waals surface area (Å²) in [5.74, 6) is -7.50. The van der Waals surface area contributed by atoms with Crippen LogP contribution in [-0.2, 0) is 0 Å². The zero-order valence-electron chi connectivity index (χ0n) is 24.5. The van der Waals surface area contributed by atoms with Crippen molar-refractivity contribution in [1.82, 2.24) is 0 Å². The van der Waals surface area contributed by atoms with Crippen molar-refractivity contribution in [3.63, 3.8) is 0 Å². The Kier molecular flexibility index (Phi) is 9.93. The first-order valence-corrected chi connectivity index (χ1v) is 15.2. The minimum absolute atomic E-state index is 0.144. The molecule has 2 N–H and O–H groups in total. The molecule has 0 aromatic heterocycles. The van der Waals surface area contributed by atoms with Gasteiger partial charge in [0.05, 0.1) is 12.7 Å². The molecule has 5 rings (SSSR count). The number of allylic oxidation sites excluding steroid dienone is 2. The summed E-state index contributed by atoms with van der Waals surface area (Å²) >= 11 is 0. The predicted molar refractivity (Wildman–Crippen MR) is 156 cm³/mol. The molecule has 3 nitrogen and oxygen atoms in total. The molecule has 3 aromatic rings. The standard InChI is InChI=1S/C35H36F6O3/c1-2-3-27(42)26-13-12-24(31(37)33(26)39)25-15-17-29(35(41)32(25)38)44-18-19-4-6-20(7-5-19)21-8-10-22(11-9-21)23-14-16-28(43)34(40)30(23)36/h10,12-17,19-21,27,42-43H,2-9,11,18H2,1H3. The van der Waals surface area contributed by atoms with Crippen LogP contribution in [0, 0.1) is 52.7 Å². The van der Waals surface area contributed by atoms with Gasteiger partial charge in [0, 0.05) is 22.3 Å². The lowest BCUT2D eigenvalue weighted by Crippen LogP contribution is -2.25. The third-order valence-electron chi connectivity index (χ3n) is 9.26. The monoisotopic (exact) mass is 618 g/mol. The van der Waals surface area contributed by atoms with Gasteiger partial charge >= 0.3 is 0 Å². The summed E-state index contributed by atoms with van der Waals surface area (Å²) in [6, 6.07) is 7.27. The molecule has 2 aliphatic rings. The van der Waals surface area contributed by atoms with E-state index in [1.165, 1.54) is 24.3 Å². The molecule has 1 saturated carbocycles. The minimum atomic E-state index is -1.35. The number of halogens is 6. The zero-order valence-corrected chi connectivity index (χ0v) is 24.5. The van der Waals surface area contributed by atoms with E-state index in [-0.39, 0.29) is 35.8 Å². The van der Waals surface area contributed by atoms with Gasteiger partial charge < -0.3 is 14.9 Å². The molecule has 2 aliphatic carbocycles. The van der Waals surface area contributed by atoms with Crippen LogP contribution in [0.25, 0.3) is 16.7 Å². The number of rotatable bonds is 9. The highest BCUT2D eigenvalue weighted by atomic mass is 19.2. The third-order valence-corrected chi connectivity index (χ3v) is 9.26. The van der Waals surface area contributed by atoms with Gasteiger partial charge in [0.15, 0.2) is 34.8 Å². The first-order valence-electron chi connectivity index (χ1n) is 15.2. The van der Waals surface area contributed by atoms with E-state index in [0.717, 1.165) is 56.2 Å². The number of aliphatic hydroxyl groups is 1. The molecule has 0 saturated heterocycles. The Bertz CT molecular complexity index is 1530. The second kappa shape index (κ2) is 13.7. The molecule has 0 bridgehead atoms. The van der Waals surface area contributed by atoms with Crippen LogP contribution in [0.5, 0.6) is 11.5 Å². The van der Waals surface area contributed by atoms with Crippen molar-refractivity contribution in [3.8, 4) is 22.6 Å². The van der Waals surface area contributed by atoms with Crippen LogP contribution in [0.1, 0.15) is 81.9 Å². The predicted octanol–water partition coefficient (Wildman–Crippen LogP) is 9.80. The first-order chi connectivity index (χ1) is 21.1. The Balaban J connectivity index is 1.16. The number of hydrogen-bond donors (Lipinski definition) is 2. The maximum absolute atomic E-state index is 15.0. The van der Waals surface area contributed by atoms with Crippen LogP contribution in [0.3, 0.4) is 0 Å². The number of ether oxygens (including phenoxy) is 1. The van der Waals surface area contributed by atoms with Gasteiger partial charge in [-0.3, -0.25) is 0 Å². The molecule has 0 amide bonds. The van der Waals surface area contributed by atoms with E-state index in [9.17, 15) is 32.2 Å². The van der Waals surface area contributed by atoms with Gasteiger partial charge in [0.2, 0.25) is 11.6 Å². The summed E-state index contributed by atoms with van der Waals surface area (Å²) in [6.07, 6.45) is 7.35. The zero-order chi connectivity index (χ0) is 31.5. The van der Waals surface area contributed by atoms with Crippen molar-refractivity contribution >= 4 is 5.57 Å². The number of phenols is 1. The number of aromatic hydroxyl groups is 1. The van der Waals surface area contributed by atoms with Crippen LogP contribution < -0.4 is 4.74 Å². The van der Waals surface area contributed by atoms with Crippen molar-refractivity contribution in [2.24, 2.45) is 17.8 Å². The van der Waals surface area contributed by atoms with Crippen LogP contribution in [-0.4, -0.2) is 16.8 Å². The van der Waals surface area contributed by atoms with E-state index < -0.39 is 57.9 Å². The lowest BCUT2D eigenvalue weighted by molar-refractivity contribution is 0.146. The molecule has 0 spiro atoms. The number of hydrogen-bond acceptors (Lipinski definition) is 3. The second-order valence-corrected chi connectivity index (χ2v) is 12.0. The smallest absolute Gasteiger partial charge is 0.201 e. The van der Waals surface area contributed by atoms with Crippen LogP contribution in [0.2, 0.25) is 0 Å². The summed E-state index contributed by atoms with van der Waals surface area (Å²) in [4.78, 5) is 0. The summed E-state index contributed by atoms with van der Waals surface area (Å²) < 4.78 is 93.1. The minimum Gasteiger partial charge on any atom is -0.505 e. The van der Waals surface area contributed by atoms with Crippen molar-refractivity contribution in [2.75, 3.05) is 6.61 Å². The average Bonchev–Trinajstić information content (AvgIpc) is 3.03. The third kappa shape index (κ3) is 6.48. The van der Waals surface area contributed by atoms with Gasteiger partial charge in [-0.1, -0.05) is 31.6 Å². The summed E-state index contributed by atoms with van der Waals surface area (Å²) in [6.45, 7) is 1.98. The Morgan fingerprint density at radius 1 is 0.727 bits per heavy atom. The van der Waals surface area contributed by atoms with Gasteiger partial charge in [0.25, 0.3) is 0 Å². The molecule has 9 heteroatoms. The van der Waals surface area contributed by atoms with Gasteiger partial charge in [-0.2, -0.15) is 8.78 Å². The lowest BCUT2D eigenvalue weighted by atomic mass is 9.71. The molecule has 1 fully saturated rings. The molecule has 0 aliphatic heterocycles. The van der Waals surface area contributed by atoms with E-state index in [1.807, 2.05) is 6.08 Å².